The van der Waals surface area contributed by atoms with Gasteiger partial charge in [-0.2, -0.15) is 0 Å². The highest BCUT2D eigenvalue weighted by Crippen LogP contribution is 2.26. The molecule has 2 N–H and O–H groups in total. The minimum atomic E-state index is 0.736. The quantitative estimate of drug-likeness (QED) is 0.801. The number of rotatable bonds is 6. The molecule has 0 bridgehead atoms. The standard InChI is InChI=1S/C14H23NO/c1-4-8-16-14-12(3)9-11(2)10-13(14)6-5-7-15/h9-10H,4-8,15H2,1-3H3. The molecule has 16 heavy (non-hydrogen) atoms. The van der Waals surface area contributed by atoms with Crippen molar-refractivity contribution in [1.29, 1.82) is 0 Å². The Balaban J connectivity index is 2.91. The van der Waals surface area contributed by atoms with Gasteiger partial charge in [0.05, 0.1) is 6.61 Å². The summed E-state index contributed by atoms with van der Waals surface area (Å²) in [6.45, 7) is 7.90. The van der Waals surface area contributed by atoms with Crippen LogP contribution in [-0.4, -0.2) is 13.2 Å². The van der Waals surface area contributed by atoms with Crippen molar-refractivity contribution < 1.29 is 4.74 Å². The van der Waals surface area contributed by atoms with Crippen LogP contribution in [0.3, 0.4) is 0 Å². The molecule has 2 heteroatoms. The maximum Gasteiger partial charge on any atom is 0.125 e. The van der Waals surface area contributed by atoms with E-state index in [0.717, 1.165) is 38.2 Å². The summed E-state index contributed by atoms with van der Waals surface area (Å²) in [4.78, 5) is 0. The molecule has 0 spiro atoms. The Labute approximate surface area is 98.8 Å². The van der Waals surface area contributed by atoms with Crippen molar-refractivity contribution >= 4 is 0 Å². The van der Waals surface area contributed by atoms with Crippen molar-refractivity contribution in [3.8, 4) is 5.75 Å². The van der Waals surface area contributed by atoms with Crippen LogP contribution in [0.2, 0.25) is 0 Å². The van der Waals surface area contributed by atoms with Gasteiger partial charge < -0.3 is 10.5 Å². The van der Waals surface area contributed by atoms with Crippen molar-refractivity contribution in [2.45, 2.75) is 40.0 Å². The molecule has 0 unspecified atom stereocenters. The van der Waals surface area contributed by atoms with Gasteiger partial charge >= 0.3 is 0 Å². The SMILES string of the molecule is CCCOc1c(C)cc(C)cc1CCCN. The molecule has 0 fully saturated rings. The van der Waals surface area contributed by atoms with Gasteiger partial charge in [0, 0.05) is 0 Å². The lowest BCUT2D eigenvalue weighted by molar-refractivity contribution is 0.312. The number of ether oxygens (including phenoxy) is 1. The maximum absolute atomic E-state index is 5.83. The summed E-state index contributed by atoms with van der Waals surface area (Å²) >= 11 is 0. The van der Waals surface area contributed by atoms with E-state index in [2.05, 4.69) is 32.9 Å². The van der Waals surface area contributed by atoms with Gasteiger partial charge in [-0.05, 0) is 50.8 Å². The first-order chi connectivity index (χ1) is 7.69. The van der Waals surface area contributed by atoms with E-state index >= 15 is 0 Å². The van der Waals surface area contributed by atoms with Gasteiger partial charge in [-0.15, -0.1) is 0 Å². The summed E-state index contributed by atoms with van der Waals surface area (Å²) in [5, 5.41) is 0. The van der Waals surface area contributed by atoms with Crippen LogP contribution >= 0.6 is 0 Å². The molecule has 0 aliphatic heterocycles. The third-order valence-corrected chi connectivity index (χ3v) is 2.60. The van der Waals surface area contributed by atoms with E-state index in [0.29, 0.717) is 0 Å². The van der Waals surface area contributed by atoms with Crippen LogP contribution in [0.1, 0.15) is 36.5 Å². The predicted molar refractivity (Wildman–Crippen MR) is 69.1 cm³/mol. The average Bonchev–Trinajstić information content (AvgIpc) is 2.24. The summed E-state index contributed by atoms with van der Waals surface area (Å²) in [6, 6.07) is 4.39. The van der Waals surface area contributed by atoms with Crippen LogP contribution in [0.5, 0.6) is 5.75 Å². The molecule has 1 aromatic carbocycles. The van der Waals surface area contributed by atoms with Crippen LogP contribution < -0.4 is 10.5 Å². The van der Waals surface area contributed by atoms with Crippen molar-refractivity contribution in [2.24, 2.45) is 5.73 Å². The number of aryl methyl sites for hydroxylation is 3. The monoisotopic (exact) mass is 221 g/mol. The first-order valence-electron chi connectivity index (χ1n) is 6.12. The molecule has 0 aliphatic rings. The fraction of sp³-hybridized carbons (Fsp3) is 0.571. The highest BCUT2D eigenvalue weighted by molar-refractivity contribution is 5.43. The molecule has 0 saturated carbocycles. The van der Waals surface area contributed by atoms with Gasteiger partial charge in [0.25, 0.3) is 0 Å². The molecule has 0 heterocycles. The Kier molecular flexibility index (Phi) is 5.33. The first-order valence-corrected chi connectivity index (χ1v) is 6.12. The van der Waals surface area contributed by atoms with E-state index in [-0.39, 0.29) is 0 Å². The molecular weight excluding hydrogens is 198 g/mol. The van der Waals surface area contributed by atoms with E-state index in [9.17, 15) is 0 Å². The minimum absolute atomic E-state index is 0.736. The average molecular weight is 221 g/mol. The second-order valence-corrected chi connectivity index (χ2v) is 4.31. The number of hydrogen-bond acceptors (Lipinski definition) is 2. The molecule has 2 nitrogen and oxygen atoms in total. The highest BCUT2D eigenvalue weighted by atomic mass is 16.5. The summed E-state index contributed by atoms with van der Waals surface area (Å²) in [7, 11) is 0. The van der Waals surface area contributed by atoms with Crippen molar-refractivity contribution in [1.82, 2.24) is 0 Å². The number of nitrogens with two attached hydrogens (primary N) is 1. The Bertz CT molecular complexity index is 334. The van der Waals surface area contributed by atoms with Crippen LogP contribution in [-0.2, 0) is 6.42 Å². The maximum atomic E-state index is 5.83. The smallest absolute Gasteiger partial charge is 0.125 e. The molecule has 0 aliphatic carbocycles. The highest BCUT2D eigenvalue weighted by Gasteiger charge is 2.07. The summed E-state index contributed by atoms with van der Waals surface area (Å²) in [6.07, 6.45) is 3.08. The Hall–Kier alpha value is -1.02. The van der Waals surface area contributed by atoms with E-state index in [1.807, 2.05) is 0 Å². The van der Waals surface area contributed by atoms with E-state index in [1.165, 1.54) is 16.7 Å². The van der Waals surface area contributed by atoms with Crippen LogP contribution in [0.4, 0.5) is 0 Å². The van der Waals surface area contributed by atoms with E-state index in [1.54, 1.807) is 0 Å². The third-order valence-electron chi connectivity index (χ3n) is 2.60. The van der Waals surface area contributed by atoms with Crippen molar-refractivity contribution in [3.63, 3.8) is 0 Å². The van der Waals surface area contributed by atoms with Gasteiger partial charge in [-0.1, -0.05) is 24.6 Å². The van der Waals surface area contributed by atoms with E-state index in [4.69, 9.17) is 10.5 Å². The Morgan fingerprint density at radius 3 is 2.62 bits per heavy atom. The lowest BCUT2D eigenvalue weighted by atomic mass is 10.0. The topological polar surface area (TPSA) is 35.2 Å². The summed E-state index contributed by atoms with van der Waals surface area (Å²) < 4.78 is 5.83. The van der Waals surface area contributed by atoms with Gasteiger partial charge in [0.1, 0.15) is 5.75 Å². The molecule has 1 rings (SSSR count). The zero-order chi connectivity index (χ0) is 12.0. The molecule has 1 aromatic rings. The van der Waals surface area contributed by atoms with Gasteiger partial charge in [-0.3, -0.25) is 0 Å². The molecule has 0 saturated heterocycles. The van der Waals surface area contributed by atoms with Gasteiger partial charge in [0.15, 0.2) is 0 Å². The fourth-order valence-electron chi connectivity index (χ4n) is 1.93. The van der Waals surface area contributed by atoms with Crippen LogP contribution in [0.25, 0.3) is 0 Å². The molecule has 0 aromatic heterocycles. The Morgan fingerprint density at radius 1 is 1.25 bits per heavy atom. The summed E-state index contributed by atoms with van der Waals surface area (Å²) in [5.74, 6) is 1.07. The van der Waals surface area contributed by atoms with Gasteiger partial charge in [0.2, 0.25) is 0 Å². The zero-order valence-corrected chi connectivity index (χ0v) is 10.7. The van der Waals surface area contributed by atoms with Crippen molar-refractivity contribution in [3.05, 3.63) is 28.8 Å². The van der Waals surface area contributed by atoms with Crippen LogP contribution in [0.15, 0.2) is 12.1 Å². The lowest BCUT2D eigenvalue weighted by Crippen LogP contribution is -2.05. The number of hydrogen-bond donors (Lipinski definition) is 1. The van der Waals surface area contributed by atoms with E-state index < -0.39 is 0 Å². The second kappa shape index (κ2) is 6.54. The summed E-state index contributed by atoms with van der Waals surface area (Å²) in [5.41, 5.74) is 9.40. The number of benzene rings is 1. The second-order valence-electron chi connectivity index (χ2n) is 4.31. The third kappa shape index (κ3) is 3.53. The lowest BCUT2D eigenvalue weighted by Gasteiger charge is -2.14. The molecule has 90 valence electrons. The first kappa shape index (κ1) is 13.0. The molecule has 0 radical (unpaired) electrons. The molecule has 0 atom stereocenters. The molecule has 0 amide bonds. The molecular formula is C14H23NO. The Morgan fingerprint density at radius 2 is 2.00 bits per heavy atom. The predicted octanol–water partition coefficient (Wildman–Crippen LogP) is 2.98. The minimum Gasteiger partial charge on any atom is -0.493 e. The van der Waals surface area contributed by atoms with Crippen LogP contribution in [0, 0.1) is 13.8 Å². The fourth-order valence-corrected chi connectivity index (χ4v) is 1.93. The largest absolute Gasteiger partial charge is 0.493 e. The normalized spacial score (nSPS) is 10.5. The van der Waals surface area contributed by atoms with Crippen molar-refractivity contribution in [2.75, 3.05) is 13.2 Å². The zero-order valence-electron chi connectivity index (χ0n) is 10.7. The van der Waals surface area contributed by atoms with Gasteiger partial charge in [-0.25, -0.2) is 0 Å².